The van der Waals surface area contributed by atoms with E-state index in [1.54, 1.807) is 0 Å². The lowest BCUT2D eigenvalue weighted by Crippen LogP contribution is -2.03. The number of ether oxygens (including phenoxy) is 1. The van der Waals surface area contributed by atoms with Gasteiger partial charge in [-0.25, -0.2) is 0 Å². The van der Waals surface area contributed by atoms with E-state index >= 15 is 0 Å². The monoisotopic (exact) mass is 306 g/mol. The van der Waals surface area contributed by atoms with Crippen LogP contribution >= 0.6 is 0 Å². The lowest BCUT2D eigenvalue weighted by molar-refractivity contribution is -0.143. The molecular weight excluding hydrogens is 272 g/mol. The molecule has 0 heterocycles. The van der Waals surface area contributed by atoms with Crippen molar-refractivity contribution in [1.29, 1.82) is 0 Å². The van der Waals surface area contributed by atoms with Crippen molar-refractivity contribution < 1.29 is 9.53 Å². The van der Waals surface area contributed by atoms with Crippen LogP contribution < -0.4 is 0 Å². The van der Waals surface area contributed by atoms with Gasteiger partial charge >= 0.3 is 5.97 Å². The molecule has 0 saturated carbocycles. The lowest BCUT2D eigenvalue weighted by Gasteiger charge is -2.01. The van der Waals surface area contributed by atoms with E-state index in [1.165, 1.54) is 25.7 Å². The molecular formula is C20H34O2. The normalized spacial score (nSPS) is 11.9. The molecule has 0 aromatic rings. The summed E-state index contributed by atoms with van der Waals surface area (Å²) in [5.74, 6) is -0.0522. The fourth-order valence-corrected chi connectivity index (χ4v) is 2.12. The Morgan fingerprint density at radius 1 is 0.773 bits per heavy atom. The van der Waals surface area contributed by atoms with Crippen LogP contribution in [0.3, 0.4) is 0 Å². The summed E-state index contributed by atoms with van der Waals surface area (Å²) in [6.45, 7) is 4.50. The van der Waals surface area contributed by atoms with Crippen LogP contribution in [0.15, 0.2) is 36.5 Å². The van der Waals surface area contributed by atoms with Crippen molar-refractivity contribution in [1.82, 2.24) is 0 Å². The maximum Gasteiger partial charge on any atom is 0.305 e. The van der Waals surface area contributed by atoms with E-state index in [0.29, 0.717) is 13.0 Å². The molecule has 0 aliphatic heterocycles. The largest absolute Gasteiger partial charge is 0.466 e. The molecule has 22 heavy (non-hydrogen) atoms. The van der Waals surface area contributed by atoms with Gasteiger partial charge in [-0.2, -0.15) is 0 Å². The van der Waals surface area contributed by atoms with Crippen LogP contribution in [-0.2, 0) is 9.53 Å². The second kappa shape index (κ2) is 17.7. The van der Waals surface area contributed by atoms with Crippen LogP contribution in [0.4, 0.5) is 0 Å². The van der Waals surface area contributed by atoms with Gasteiger partial charge in [0.05, 0.1) is 6.61 Å². The number of allylic oxidation sites excluding steroid dienone is 6. The van der Waals surface area contributed by atoms with Gasteiger partial charge in [-0.1, -0.05) is 62.6 Å². The molecule has 0 unspecified atom stereocenters. The maximum atomic E-state index is 11.1. The molecule has 0 spiro atoms. The van der Waals surface area contributed by atoms with Crippen LogP contribution in [0.2, 0.25) is 0 Å². The minimum atomic E-state index is -0.0522. The fraction of sp³-hybridized carbons (Fsp3) is 0.650. The van der Waals surface area contributed by atoms with Crippen molar-refractivity contribution in [3.8, 4) is 0 Å². The third-order valence-electron chi connectivity index (χ3n) is 3.34. The zero-order chi connectivity index (χ0) is 16.3. The standard InChI is InChI=1S/C20H34O2/c1-3-5-6-7-8-9-10-11-12-13-14-15-16-17-18-19-20(21)22-4-2/h5-6,8-9,11-12H,3-4,7,10,13-19H2,1-2H3/b6-5-,9-8-,12-11+. The van der Waals surface area contributed by atoms with E-state index in [9.17, 15) is 4.79 Å². The number of carbonyl (C=O) groups is 1. The molecule has 0 bridgehead atoms. The highest BCUT2D eigenvalue weighted by Crippen LogP contribution is 2.08. The molecule has 0 rings (SSSR count). The Morgan fingerprint density at radius 2 is 1.36 bits per heavy atom. The number of esters is 1. The number of hydrogen-bond acceptors (Lipinski definition) is 2. The van der Waals surface area contributed by atoms with Gasteiger partial charge in [0.2, 0.25) is 0 Å². The third-order valence-corrected chi connectivity index (χ3v) is 3.34. The van der Waals surface area contributed by atoms with E-state index < -0.39 is 0 Å². The van der Waals surface area contributed by atoms with Crippen molar-refractivity contribution in [2.45, 2.75) is 78.1 Å². The molecule has 2 nitrogen and oxygen atoms in total. The molecule has 0 atom stereocenters. The molecule has 0 N–H and O–H groups in total. The zero-order valence-electron chi connectivity index (χ0n) is 14.6. The summed E-state index contributed by atoms with van der Waals surface area (Å²) >= 11 is 0. The summed E-state index contributed by atoms with van der Waals surface area (Å²) in [6.07, 6.45) is 24.2. The van der Waals surface area contributed by atoms with Crippen LogP contribution in [-0.4, -0.2) is 12.6 Å². The average molecular weight is 306 g/mol. The van der Waals surface area contributed by atoms with Crippen LogP contribution in [0, 0.1) is 0 Å². The summed E-state index contributed by atoms with van der Waals surface area (Å²) < 4.78 is 4.90. The minimum absolute atomic E-state index is 0.0522. The first-order valence-electron chi connectivity index (χ1n) is 8.91. The van der Waals surface area contributed by atoms with E-state index in [0.717, 1.165) is 32.1 Å². The second-order valence-electron chi connectivity index (χ2n) is 5.41. The first kappa shape index (κ1) is 20.7. The van der Waals surface area contributed by atoms with Crippen LogP contribution in [0.1, 0.15) is 78.1 Å². The summed E-state index contributed by atoms with van der Waals surface area (Å²) in [7, 11) is 0. The van der Waals surface area contributed by atoms with Crippen LogP contribution in [0.5, 0.6) is 0 Å². The predicted molar refractivity (Wildman–Crippen MR) is 95.9 cm³/mol. The highest BCUT2D eigenvalue weighted by Gasteiger charge is 2.00. The zero-order valence-corrected chi connectivity index (χ0v) is 14.6. The number of rotatable bonds is 14. The van der Waals surface area contributed by atoms with E-state index in [2.05, 4.69) is 43.4 Å². The summed E-state index contributed by atoms with van der Waals surface area (Å²) in [5, 5.41) is 0. The topological polar surface area (TPSA) is 26.3 Å². The number of carbonyl (C=O) groups excluding carboxylic acids is 1. The molecule has 0 amide bonds. The molecule has 2 heteroatoms. The second-order valence-corrected chi connectivity index (χ2v) is 5.41. The van der Waals surface area contributed by atoms with Gasteiger partial charge < -0.3 is 4.74 Å². The molecule has 0 aromatic heterocycles. The predicted octanol–water partition coefficient (Wildman–Crippen LogP) is 6.14. The van der Waals surface area contributed by atoms with Crippen molar-refractivity contribution >= 4 is 5.97 Å². The van der Waals surface area contributed by atoms with Gasteiger partial charge in [-0.3, -0.25) is 4.79 Å². The Morgan fingerprint density at radius 3 is 2.05 bits per heavy atom. The van der Waals surface area contributed by atoms with E-state index in [1.807, 2.05) is 6.92 Å². The smallest absolute Gasteiger partial charge is 0.305 e. The maximum absolute atomic E-state index is 11.1. The SMILES string of the molecule is CC/C=C\C/C=C\C/C=C/CCCCCCCC(=O)OCC. The average Bonchev–Trinajstić information content (AvgIpc) is 2.51. The van der Waals surface area contributed by atoms with E-state index in [-0.39, 0.29) is 5.97 Å². The molecule has 0 aliphatic rings. The Labute approximate surface area is 137 Å². The van der Waals surface area contributed by atoms with E-state index in [4.69, 9.17) is 4.74 Å². The van der Waals surface area contributed by atoms with Gasteiger partial charge in [0, 0.05) is 6.42 Å². The van der Waals surface area contributed by atoms with Gasteiger partial charge in [0.15, 0.2) is 0 Å². The quantitative estimate of drug-likeness (QED) is 0.219. The molecule has 0 fully saturated rings. The van der Waals surface area contributed by atoms with Crippen LogP contribution in [0.25, 0.3) is 0 Å². The molecule has 0 aromatic carbocycles. The highest BCUT2D eigenvalue weighted by atomic mass is 16.5. The van der Waals surface area contributed by atoms with Crippen molar-refractivity contribution in [3.63, 3.8) is 0 Å². The van der Waals surface area contributed by atoms with Crippen molar-refractivity contribution in [3.05, 3.63) is 36.5 Å². The highest BCUT2D eigenvalue weighted by molar-refractivity contribution is 5.69. The Bertz CT molecular complexity index is 327. The molecule has 0 aliphatic carbocycles. The Kier molecular flexibility index (Phi) is 16.7. The summed E-state index contributed by atoms with van der Waals surface area (Å²) in [5.41, 5.74) is 0. The van der Waals surface area contributed by atoms with Gasteiger partial charge in [-0.05, 0) is 45.4 Å². The van der Waals surface area contributed by atoms with Crippen molar-refractivity contribution in [2.75, 3.05) is 6.61 Å². The van der Waals surface area contributed by atoms with Gasteiger partial charge in [-0.15, -0.1) is 0 Å². The van der Waals surface area contributed by atoms with Crippen molar-refractivity contribution in [2.24, 2.45) is 0 Å². The number of unbranched alkanes of at least 4 members (excludes halogenated alkanes) is 5. The first-order chi connectivity index (χ1) is 10.8. The van der Waals surface area contributed by atoms with Gasteiger partial charge in [0.1, 0.15) is 0 Å². The Balaban J connectivity index is 3.27. The molecule has 126 valence electrons. The fourth-order valence-electron chi connectivity index (χ4n) is 2.12. The summed E-state index contributed by atoms with van der Waals surface area (Å²) in [4.78, 5) is 11.1. The summed E-state index contributed by atoms with van der Waals surface area (Å²) in [6, 6.07) is 0. The van der Waals surface area contributed by atoms with Gasteiger partial charge in [0.25, 0.3) is 0 Å². The molecule has 0 radical (unpaired) electrons. The molecule has 0 saturated heterocycles. The Hall–Kier alpha value is -1.31. The lowest BCUT2D eigenvalue weighted by atomic mass is 10.1. The number of hydrogen-bond donors (Lipinski definition) is 0. The minimum Gasteiger partial charge on any atom is -0.466 e. The third kappa shape index (κ3) is 16.7. The first-order valence-corrected chi connectivity index (χ1v) is 8.91.